The lowest BCUT2D eigenvalue weighted by atomic mass is 10.0. The van der Waals surface area contributed by atoms with Crippen LogP contribution in [0.25, 0.3) is 0 Å². The van der Waals surface area contributed by atoms with E-state index in [4.69, 9.17) is 4.74 Å². The molecule has 0 aromatic carbocycles. The van der Waals surface area contributed by atoms with Gasteiger partial charge in [-0.05, 0) is 32.0 Å². The Hall–Kier alpha value is -2.21. The number of hydrogen-bond acceptors (Lipinski definition) is 6. The third-order valence-electron chi connectivity index (χ3n) is 4.29. The van der Waals surface area contributed by atoms with Crippen LogP contribution < -0.4 is 9.64 Å². The van der Waals surface area contributed by atoms with Crippen LogP contribution in [0, 0.1) is 0 Å². The predicted molar refractivity (Wildman–Crippen MR) is 89.5 cm³/mol. The highest BCUT2D eigenvalue weighted by atomic mass is 16.5. The monoisotopic (exact) mass is 313 g/mol. The first-order valence-corrected chi connectivity index (χ1v) is 7.97. The molecule has 0 N–H and O–H groups in total. The number of likely N-dealkylation sites (N-methyl/N-ethyl adjacent to an activating group) is 1. The molecule has 0 bridgehead atoms. The lowest BCUT2D eigenvalue weighted by molar-refractivity contribution is 0.207. The zero-order valence-electron chi connectivity index (χ0n) is 13.7. The Balaban J connectivity index is 1.61. The van der Waals surface area contributed by atoms with Crippen LogP contribution >= 0.6 is 0 Å². The van der Waals surface area contributed by atoms with Gasteiger partial charge in [-0.25, -0.2) is 15.0 Å². The number of ether oxygens (including phenoxy) is 1. The van der Waals surface area contributed by atoms with Crippen molar-refractivity contribution in [2.75, 3.05) is 32.1 Å². The van der Waals surface area contributed by atoms with Gasteiger partial charge in [0, 0.05) is 49.8 Å². The maximum atomic E-state index is 5.00. The number of hydrogen-bond donors (Lipinski definition) is 0. The first-order chi connectivity index (χ1) is 11.3. The van der Waals surface area contributed by atoms with E-state index in [0.29, 0.717) is 12.1 Å². The molecule has 1 saturated heterocycles. The van der Waals surface area contributed by atoms with E-state index >= 15 is 0 Å². The van der Waals surface area contributed by atoms with Crippen LogP contribution in [0.5, 0.6) is 6.01 Å². The summed E-state index contributed by atoms with van der Waals surface area (Å²) in [6, 6.07) is 7.01. The van der Waals surface area contributed by atoms with Crippen molar-refractivity contribution < 1.29 is 4.74 Å². The van der Waals surface area contributed by atoms with Crippen molar-refractivity contribution >= 4 is 5.82 Å². The number of aromatic nitrogens is 3. The Kier molecular flexibility index (Phi) is 5.02. The Morgan fingerprint density at radius 1 is 1.26 bits per heavy atom. The summed E-state index contributed by atoms with van der Waals surface area (Å²) in [4.78, 5) is 17.6. The SMILES string of the molecule is COc1ncc(CN(C)C2CCCN(c3ccccn3)C2)cn1. The van der Waals surface area contributed by atoms with Gasteiger partial charge in [-0.15, -0.1) is 0 Å². The highest BCUT2D eigenvalue weighted by molar-refractivity contribution is 5.38. The Labute approximate surface area is 137 Å². The van der Waals surface area contributed by atoms with Crippen molar-refractivity contribution in [3.05, 3.63) is 42.4 Å². The molecule has 1 atom stereocenters. The Morgan fingerprint density at radius 3 is 2.78 bits per heavy atom. The summed E-state index contributed by atoms with van der Waals surface area (Å²) < 4.78 is 5.00. The van der Waals surface area contributed by atoms with Crippen LogP contribution in [0.3, 0.4) is 0 Å². The second-order valence-electron chi connectivity index (χ2n) is 5.92. The normalized spacial score (nSPS) is 18.2. The topological polar surface area (TPSA) is 54.4 Å². The number of nitrogens with zero attached hydrogens (tertiary/aromatic N) is 5. The van der Waals surface area contributed by atoms with E-state index in [1.807, 2.05) is 30.7 Å². The molecular formula is C17H23N5O. The first kappa shape index (κ1) is 15.7. The van der Waals surface area contributed by atoms with E-state index < -0.39 is 0 Å². The molecule has 122 valence electrons. The van der Waals surface area contributed by atoms with Crippen LogP contribution in [0.1, 0.15) is 18.4 Å². The molecule has 6 nitrogen and oxygen atoms in total. The highest BCUT2D eigenvalue weighted by Crippen LogP contribution is 2.21. The Bertz CT molecular complexity index is 604. The van der Waals surface area contributed by atoms with Crippen molar-refractivity contribution in [1.29, 1.82) is 0 Å². The number of pyridine rings is 1. The van der Waals surface area contributed by atoms with Gasteiger partial charge in [0.05, 0.1) is 7.11 Å². The molecule has 1 unspecified atom stereocenters. The van der Waals surface area contributed by atoms with Gasteiger partial charge in [0.15, 0.2) is 0 Å². The molecule has 2 aromatic heterocycles. The zero-order valence-corrected chi connectivity index (χ0v) is 13.7. The second kappa shape index (κ2) is 7.37. The lowest BCUT2D eigenvalue weighted by Crippen LogP contribution is -2.46. The summed E-state index contributed by atoms with van der Waals surface area (Å²) >= 11 is 0. The first-order valence-electron chi connectivity index (χ1n) is 7.97. The van der Waals surface area contributed by atoms with Gasteiger partial charge >= 0.3 is 6.01 Å². The van der Waals surface area contributed by atoms with Crippen LogP contribution in [0.2, 0.25) is 0 Å². The van der Waals surface area contributed by atoms with Gasteiger partial charge in [-0.3, -0.25) is 4.90 Å². The molecule has 2 aromatic rings. The van der Waals surface area contributed by atoms with Gasteiger partial charge in [0.1, 0.15) is 5.82 Å². The maximum Gasteiger partial charge on any atom is 0.316 e. The molecule has 1 fully saturated rings. The molecule has 1 aliphatic heterocycles. The standard InChI is InChI=1S/C17H23N5O/c1-21(12-14-10-19-17(23-2)20-11-14)15-6-5-9-22(13-15)16-7-3-4-8-18-16/h3-4,7-8,10-11,15H,5-6,9,12-13H2,1-2H3. The summed E-state index contributed by atoms with van der Waals surface area (Å²) in [7, 11) is 3.74. The number of rotatable bonds is 5. The molecule has 0 amide bonds. The summed E-state index contributed by atoms with van der Waals surface area (Å²) in [5, 5.41) is 0. The number of anilines is 1. The van der Waals surface area contributed by atoms with E-state index in [1.54, 1.807) is 7.11 Å². The molecular weight excluding hydrogens is 290 g/mol. The van der Waals surface area contributed by atoms with Gasteiger partial charge in [-0.2, -0.15) is 0 Å². The molecule has 0 spiro atoms. The minimum atomic E-state index is 0.412. The van der Waals surface area contributed by atoms with Crippen molar-refractivity contribution in [3.8, 4) is 6.01 Å². The molecule has 6 heteroatoms. The number of piperidine rings is 1. The van der Waals surface area contributed by atoms with Crippen LogP contribution in [-0.2, 0) is 6.54 Å². The van der Waals surface area contributed by atoms with Gasteiger partial charge < -0.3 is 9.64 Å². The average molecular weight is 313 g/mol. The summed E-state index contributed by atoms with van der Waals surface area (Å²) in [5.41, 5.74) is 1.10. The fourth-order valence-corrected chi connectivity index (χ4v) is 3.01. The fourth-order valence-electron chi connectivity index (χ4n) is 3.01. The highest BCUT2D eigenvalue weighted by Gasteiger charge is 2.24. The van der Waals surface area contributed by atoms with Crippen molar-refractivity contribution in [2.45, 2.75) is 25.4 Å². The molecule has 1 aliphatic rings. The smallest absolute Gasteiger partial charge is 0.316 e. The third kappa shape index (κ3) is 3.96. The minimum Gasteiger partial charge on any atom is -0.467 e. The van der Waals surface area contributed by atoms with E-state index in [-0.39, 0.29) is 0 Å². The van der Waals surface area contributed by atoms with Crippen LogP contribution in [0.4, 0.5) is 5.82 Å². The molecule has 3 rings (SSSR count). The van der Waals surface area contributed by atoms with E-state index in [0.717, 1.165) is 31.0 Å². The van der Waals surface area contributed by atoms with E-state index in [1.165, 1.54) is 12.8 Å². The molecule has 23 heavy (non-hydrogen) atoms. The third-order valence-corrected chi connectivity index (χ3v) is 4.29. The summed E-state index contributed by atoms with van der Waals surface area (Å²) in [6.45, 7) is 2.92. The van der Waals surface area contributed by atoms with Crippen molar-refractivity contribution in [1.82, 2.24) is 19.9 Å². The molecule has 0 radical (unpaired) electrons. The Morgan fingerprint density at radius 2 is 2.09 bits per heavy atom. The van der Waals surface area contributed by atoms with Crippen molar-refractivity contribution in [2.24, 2.45) is 0 Å². The van der Waals surface area contributed by atoms with Gasteiger partial charge in [0.2, 0.25) is 0 Å². The summed E-state index contributed by atoms with van der Waals surface area (Å²) in [6.07, 6.45) is 7.92. The van der Waals surface area contributed by atoms with Crippen LogP contribution in [-0.4, -0.2) is 53.1 Å². The predicted octanol–water partition coefficient (Wildman–Crippen LogP) is 1.98. The minimum absolute atomic E-state index is 0.412. The van der Waals surface area contributed by atoms with Crippen LogP contribution in [0.15, 0.2) is 36.8 Å². The largest absolute Gasteiger partial charge is 0.467 e. The molecule has 0 saturated carbocycles. The van der Waals surface area contributed by atoms with Gasteiger partial charge in [0.25, 0.3) is 0 Å². The summed E-state index contributed by atoms with van der Waals surface area (Å²) in [5.74, 6) is 1.07. The van der Waals surface area contributed by atoms with Gasteiger partial charge in [-0.1, -0.05) is 6.07 Å². The lowest BCUT2D eigenvalue weighted by Gasteiger charge is -2.38. The molecule has 3 heterocycles. The van der Waals surface area contributed by atoms with E-state index in [9.17, 15) is 0 Å². The van der Waals surface area contributed by atoms with Crippen molar-refractivity contribution in [3.63, 3.8) is 0 Å². The molecule has 0 aliphatic carbocycles. The second-order valence-corrected chi connectivity index (χ2v) is 5.92. The zero-order chi connectivity index (χ0) is 16.1. The van der Waals surface area contributed by atoms with E-state index in [2.05, 4.69) is 37.9 Å². The fraction of sp³-hybridized carbons (Fsp3) is 0.471. The quantitative estimate of drug-likeness (QED) is 0.841. The average Bonchev–Trinajstić information content (AvgIpc) is 2.63. The maximum absolute atomic E-state index is 5.00. The number of methoxy groups -OCH3 is 1.